The number of aliphatic hydroxyl groups is 1. The Labute approximate surface area is 230 Å². The van der Waals surface area contributed by atoms with Gasteiger partial charge in [-0.2, -0.15) is 8.42 Å². The number of hydrogen-bond donors (Lipinski definition) is 5. The summed E-state index contributed by atoms with van der Waals surface area (Å²) in [5, 5.41) is 35.3. The van der Waals surface area contributed by atoms with Gasteiger partial charge in [0.25, 0.3) is 11.8 Å². The number of nitro groups is 1. The van der Waals surface area contributed by atoms with Crippen LogP contribution in [0.5, 0.6) is 0 Å². The van der Waals surface area contributed by atoms with Gasteiger partial charge in [-0.25, -0.2) is 23.6 Å². The molecule has 2 aromatic heterocycles. The minimum absolute atomic E-state index is 0.0350. The van der Waals surface area contributed by atoms with Crippen LogP contribution in [-0.4, -0.2) is 94.7 Å². The molecule has 2 atom stereocenters. The number of amides is 2. The van der Waals surface area contributed by atoms with Crippen molar-refractivity contribution < 1.29 is 47.3 Å². The van der Waals surface area contributed by atoms with Gasteiger partial charge < -0.3 is 36.2 Å². The zero-order valence-corrected chi connectivity index (χ0v) is 23.0. The highest BCUT2D eigenvalue weighted by Crippen LogP contribution is 2.23. The van der Waals surface area contributed by atoms with Crippen LogP contribution in [0.15, 0.2) is 16.7 Å². The lowest BCUT2D eigenvalue weighted by molar-refractivity contribution is -0.392. The number of carboxylic acids is 1. The van der Waals surface area contributed by atoms with E-state index in [0.29, 0.717) is 5.82 Å². The van der Waals surface area contributed by atoms with Crippen molar-refractivity contribution in [2.45, 2.75) is 51.9 Å². The number of carbonyl (C=O) groups excluding carboxylic acids is 2. The second-order valence-electron chi connectivity index (χ2n) is 8.52. The summed E-state index contributed by atoms with van der Waals surface area (Å²) in [6.45, 7) is 5.43. The predicted molar refractivity (Wildman–Crippen MR) is 136 cm³/mol. The fourth-order valence-corrected chi connectivity index (χ4v) is 4.52. The van der Waals surface area contributed by atoms with Gasteiger partial charge >= 0.3 is 22.1 Å². The van der Waals surface area contributed by atoms with Crippen LogP contribution in [0, 0.1) is 17.0 Å². The fourth-order valence-electron chi connectivity index (χ4n) is 3.09. The molecule has 0 radical (unpaired) electrons. The lowest BCUT2D eigenvalue weighted by Gasteiger charge is -2.42. The minimum atomic E-state index is -4.76. The maximum atomic E-state index is 12.6. The summed E-state index contributed by atoms with van der Waals surface area (Å²) in [6.07, 6.45) is 1.19. The van der Waals surface area contributed by atoms with Crippen LogP contribution in [0.4, 0.5) is 10.9 Å². The molecule has 0 spiro atoms. The molecule has 2 amide bonds. The van der Waals surface area contributed by atoms with Gasteiger partial charge in [0.1, 0.15) is 24.5 Å². The molecule has 0 saturated carbocycles. The van der Waals surface area contributed by atoms with E-state index in [1.807, 2.05) is 0 Å². The molecule has 3 rings (SSSR count). The number of hydrogen-bond acceptors (Lipinski definition) is 14. The Balaban J connectivity index is 0.000000389. The second kappa shape index (κ2) is 12.3. The third-order valence-corrected chi connectivity index (χ3v) is 6.96. The predicted octanol–water partition coefficient (Wildman–Crippen LogP) is -1.08. The summed E-state index contributed by atoms with van der Waals surface area (Å²) in [7, 11) is -4.76. The van der Waals surface area contributed by atoms with Crippen molar-refractivity contribution in [3.05, 3.63) is 33.2 Å². The number of nitrogens with zero attached hydrogens (tertiary/aromatic N) is 6. The third kappa shape index (κ3) is 7.25. The Kier molecular flexibility index (Phi) is 9.85. The van der Waals surface area contributed by atoms with Crippen molar-refractivity contribution in [1.82, 2.24) is 24.2 Å². The highest BCUT2D eigenvalue weighted by molar-refractivity contribution is 7.84. The maximum Gasteiger partial charge on any atom is 0.362 e. The van der Waals surface area contributed by atoms with Gasteiger partial charge in [-0.05, 0) is 25.7 Å². The first-order valence-electron chi connectivity index (χ1n) is 11.0. The Bertz CT molecular complexity index is 1430. The minimum Gasteiger partial charge on any atom is -0.478 e. The molecule has 1 aliphatic rings. The van der Waals surface area contributed by atoms with Gasteiger partial charge in [0.05, 0.1) is 12.6 Å². The lowest BCUT2D eigenvalue weighted by atomic mass is 10.0. The number of aliphatic carboxylic acids is 1. The van der Waals surface area contributed by atoms with E-state index >= 15 is 0 Å². The average Bonchev–Trinajstić information content (AvgIpc) is 3.43. The summed E-state index contributed by atoms with van der Waals surface area (Å²) in [5.74, 6) is -2.92. The number of anilines is 1. The molecule has 220 valence electrons. The standard InChI is InChI=1S/C13H17N5O8S2.C6H9N3O3/c1-5-7(10(20)18(5)28(23,24)25)16-9(19)8(6-4-27-12(14)15-6)17-26-13(2,3)11(21)22;1-5-7-4-6(9(11)12)8(5)2-3-10/h4-5,7H,1-3H3,(H2,14,15)(H,16,19)(H,21,22)(H,23,24,25);4,10H,2-3H2,1H3/b17-8-;/t5-,7-;/m0./s1. The van der Waals surface area contributed by atoms with Gasteiger partial charge in [0.2, 0.25) is 5.60 Å². The number of thiazole rings is 1. The van der Waals surface area contributed by atoms with Gasteiger partial charge in [-0.3, -0.25) is 14.1 Å². The van der Waals surface area contributed by atoms with E-state index in [0.717, 1.165) is 11.3 Å². The van der Waals surface area contributed by atoms with Crippen molar-refractivity contribution in [3.8, 4) is 0 Å². The molecule has 0 bridgehead atoms. The molecular formula is C19H26N8O11S2. The van der Waals surface area contributed by atoms with E-state index in [1.54, 1.807) is 6.92 Å². The van der Waals surface area contributed by atoms with Crippen LogP contribution in [0.25, 0.3) is 0 Å². The number of nitrogen functional groups attached to an aromatic ring is 1. The summed E-state index contributed by atoms with van der Waals surface area (Å²) in [6, 6.07) is -2.31. The van der Waals surface area contributed by atoms with E-state index in [2.05, 4.69) is 20.4 Å². The summed E-state index contributed by atoms with van der Waals surface area (Å²) in [4.78, 5) is 58.0. The second-order valence-corrected chi connectivity index (χ2v) is 10.7. The number of aliphatic hydroxyl groups excluding tert-OH is 1. The molecule has 0 aromatic carbocycles. The largest absolute Gasteiger partial charge is 0.478 e. The normalized spacial score (nSPS) is 17.4. The molecule has 6 N–H and O–H groups in total. The molecule has 0 unspecified atom stereocenters. The van der Waals surface area contributed by atoms with Gasteiger partial charge in [-0.15, -0.1) is 11.3 Å². The van der Waals surface area contributed by atoms with Gasteiger partial charge in [0.15, 0.2) is 16.7 Å². The molecular weight excluding hydrogens is 580 g/mol. The lowest BCUT2D eigenvalue weighted by Crippen LogP contribution is -2.71. The molecule has 21 heteroatoms. The number of nitrogens with one attached hydrogen (secondary N) is 1. The van der Waals surface area contributed by atoms with Crippen LogP contribution >= 0.6 is 11.3 Å². The number of oxime groups is 1. The highest BCUT2D eigenvalue weighted by atomic mass is 32.2. The first-order valence-corrected chi connectivity index (χ1v) is 13.3. The van der Waals surface area contributed by atoms with Crippen molar-refractivity contribution in [2.75, 3.05) is 12.3 Å². The number of carbonyl (C=O) groups is 3. The summed E-state index contributed by atoms with van der Waals surface area (Å²) < 4.78 is 32.8. The number of nitrogens with two attached hydrogens (primary N) is 1. The molecule has 2 aromatic rings. The fraction of sp³-hybridized carbons (Fsp3) is 0.474. The molecule has 19 nitrogen and oxygen atoms in total. The molecule has 1 fully saturated rings. The topological polar surface area (TPSA) is 283 Å². The highest BCUT2D eigenvalue weighted by Gasteiger charge is 2.51. The third-order valence-electron chi connectivity index (χ3n) is 5.28. The van der Waals surface area contributed by atoms with Crippen LogP contribution < -0.4 is 11.1 Å². The average molecular weight is 607 g/mol. The van der Waals surface area contributed by atoms with Crippen LogP contribution in [0.2, 0.25) is 0 Å². The zero-order chi connectivity index (χ0) is 30.6. The Morgan fingerprint density at radius 2 is 2.02 bits per heavy atom. The molecule has 40 heavy (non-hydrogen) atoms. The molecule has 1 saturated heterocycles. The Morgan fingerprint density at radius 1 is 1.40 bits per heavy atom. The van der Waals surface area contributed by atoms with Crippen LogP contribution in [-0.2, 0) is 36.1 Å². The van der Waals surface area contributed by atoms with Crippen molar-refractivity contribution >= 4 is 56.1 Å². The van der Waals surface area contributed by atoms with Crippen molar-refractivity contribution in [2.24, 2.45) is 5.16 Å². The van der Waals surface area contributed by atoms with E-state index in [4.69, 9.17) is 25.3 Å². The van der Waals surface area contributed by atoms with Crippen LogP contribution in [0.1, 0.15) is 32.3 Å². The quantitative estimate of drug-likeness (QED) is 0.0707. The number of aryl methyl sites for hydroxylation is 1. The van der Waals surface area contributed by atoms with Gasteiger partial charge in [0, 0.05) is 12.3 Å². The van der Waals surface area contributed by atoms with E-state index < -0.39 is 56.4 Å². The van der Waals surface area contributed by atoms with E-state index in [1.165, 1.54) is 36.9 Å². The van der Waals surface area contributed by atoms with Gasteiger partial charge in [-0.1, -0.05) is 5.16 Å². The molecule has 3 heterocycles. The zero-order valence-electron chi connectivity index (χ0n) is 21.4. The SMILES string of the molecule is C[C@H]1[C@H](NC(=O)/C(=N\OC(C)(C)C(=O)O)c2csc(N)n2)C(=O)N1S(=O)(=O)O.Cc1ncc([N+](=O)[O-])n1CCO. The summed E-state index contributed by atoms with van der Waals surface area (Å²) >= 11 is 0.980. The Morgan fingerprint density at radius 3 is 2.48 bits per heavy atom. The first-order chi connectivity index (χ1) is 18.4. The Hall–Kier alpha value is -4.21. The van der Waals surface area contributed by atoms with E-state index in [9.17, 15) is 32.9 Å². The number of rotatable bonds is 10. The number of imidazole rings is 1. The maximum absolute atomic E-state index is 12.6. The smallest absolute Gasteiger partial charge is 0.362 e. The van der Waals surface area contributed by atoms with Crippen molar-refractivity contribution in [3.63, 3.8) is 0 Å². The number of aromatic nitrogens is 3. The van der Waals surface area contributed by atoms with Crippen molar-refractivity contribution in [1.29, 1.82) is 0 Å². The number of carboxylic acid groups (broad SMARTS) is 1. The molecule has 0 aliphatic carbocycles. The van der Waals surface area contributed by atoms with E-state index in [-0.39, 0.29) is 34.1 Å². The van der Waals surface area contributed by atoms with Crippen LogP contribution in [0.3, 0.4) is 0 Å². The summed E-state index contributed by atoms with van der Waals surface area (Å²) in [5.41, 5.74) is 3.26. The molecule has 1 aliphatic heterocycles. The first kappa shape index (κ1) is 32.0. The number of β-lactam (4-membered cyclic amide) rings is 1. The monoisotopic (exact) mass is 606 g/mol.